The molecule has 0 unspecified atom stereocenters. The van der Waals surface area contributed by atoms with Crippen LogP contribution in [-0.2, 0) is 11.2 Å². The van der Waals surface area contributed by atoms with E-state index in [0.29, 0.717) is 0 Å². The van der Waals surface area contributed by atoms with Crippen molar-refractivity contribution in [3.63, 3.8) is 0 Å². The molecule has 0 radical (unpaired) electrons. The van der Waals surface area contributed by atoms with Crippen molar-refractivity contribution in [2.75, 3.05) is 13.1 Å². The Morgan fingerprint density at radius 2 is 2.12 bits per heavy atom. The minimum absolute atomic E-state index is 0.136. The number of carbonyl (C=O) groups excluding carboxylic acids is 1. The molecular weight excluding hydrogens is 200 g/mol. The SMILES string of the molecule is CC.CCN(CCc1cccnc1)C(C)=O. The van der Waals surface area contributed by atoms with Gasteiger partial charge in [0.1, 0.15) is 0 Å². The molecule has 1 rings (SSSR count). The largest absolute Gasteiger partial charge is 0.343 e. The minimum Gasteiger partial charge on any atom is -0.343 e. The van der Waals surface area contributed by atoms with Crippen LogP contribution >= 0.6 is 0 Å². The van der Waals surface area contributed by atoms with Gasteiger partial charge in [-0.15, -0.1) is 0 Å². The third kappa shape index (κ3) is 5.49. The van der Waals surface area contributed by atoms with E-state index in [2.05, 4.69) is 4.98 Å². The summed E-state index contributed by atoms with van der Waals surface area (Å²) in [5.74, 6) is 0.136. The number of hydrogen-bond donors (Lipinski definition) is 0. The van der Waals surface area contributed by atoms with Gasteiger partial charge in [0, 0.05) is 32.4 Å². The maximum Gasteiger partial charge on any atom is 0.219 e. The van der Waals surface area contributed by atoms with Crippen molar-refractivity contribution in [3.05, 3.63) is 30.1 Å². The van der Waals surface area contributed by atoms with Gasteiger partial charge in [0.2, 0.25) is 5.91 Å². The van der Waals surface area contributed by atoms with Crippen molar-refractivity contribution < 1.29 is 4.79 Å². The van der Waals surface area contributed by atoms with Crippen LogP contribution in [0, 0.1) is 0 Å². The molecule has 0 aliphatic rings. The van der Waals surface area contributed by atoms with Crippen molar-refractivity contribution in [3.8, 4) is 0 Å². The van der Waals surface area contributed by atoms with Crippen LogP contribution in [0.3, 0.4) is 0 Å². The van der Waals surface area contributed by atoms with Crippen molar-refractivity contribution >= 4 is 5.91 Å². The Morgan fingerprint density at radius 3 is 2.56 bits per heavy atom. The van der Waals surface area contributed by atoms with E-state index in [1.165, 1.54) is 5.56 Å². The highest BCUT2D eigenvalue weighted by atomic mass is 16.2. The Kier molecular flexibility index (Phi) is 8.12. The van der Waals surface area contributed by atoms with E-state index in [1.54, 1.807) is 13.1 Å². The fourth-order valence-electron chi connectivity index (χ4n) is 1.35. The third-order valence-electron chi connectivity index (χ3n) is 2.22. The predicted molar refractivity (Wildman–Crippen MR) is 67.2 cm³/mol. The molecule has 1 amide bonds. The standard InChI is InChI=1S/C11H16N2O.C2H6/c1-3-13(10(2)14)8-6-11-5-4-7-12-9-11;1-2/h4-5,7,9H,3,6,8H2,1-2H3;1-2H3. The highest BCUT2D eigenvalue weighted by Crippen LogP contribution is 1.99. The first-order valence-electron chi connectivity index (χ1n) is 5.88. The molecule has 3 nitrogen and oxygen atoms in total. The van der Waals surface area contributed by atoms with Crippen molar-refractivity contribution in [1.29, 1.82) is 0 Å². The van der Waals surface area contributed by atoms with Crippen LogP contribution in [0.1, 0.15) is 33.3 Å². The summed E-state index contributed by atoms with van der Waals surface area (Å²) in [4.78, 5) is 17.0. The second kappa shape index (κ2) is 8.89. The van der Waals surface area contributed by atoms with Crippen LogP contribution in [0.15, 0.2) is 24.5 Å². The van der Waals surface area contributed by atoms with E-state index in [1.807, 2.05) is 44.0 Å². The zero-order chi connectivity index (χ0) is 12.4. The molecule has 1 heterocycles. The van der Waals surface area contributed by atoms with Gasteiger partial charge in [0.25, 0.3) is 0 Å². The van der Waals surface area contributed by atoms with Gasteiger partial charge in [-0.2, -0.15) is 0 Å². The predicted octanol–water partition coefficient (Wildman–Crippen LogP) is 2.52. The molecule has 0 saturated carbocycles. The van der Waals surface area contributed by atoms with E-state index in [4.69, 9.17) is 0 Å². The van der Waals surface area contributed by atoms with Crippen LogP contribution in [0.2, 0.25) is 0 Å². The number of amides is 1. The first-order valence-corrected chi connectivity index (χ1v) is 5.88. The number of aromatic nitrogens is 1. The molecule has 16 heavy (non-hydrogen) atoms. The molecule has 90 valence electrons. The molecule has 1 aromatic heterocycles. The Morgan fingerprint density at radius 1 is 1.44 bits per heavy atom. The maximum atomic E-state index is 11.1. The van der Waals surface area contributed by atoms with Gasteiger partial charge < -0.3 is 4.90 Å². The summed E-state index contributed by atoms with van der Waals surface area (Å²) < 4.78 is 0. The van der Waals surface area contributed by atoms with Crippen LogP contribution in [0.5, 0.6) is 0 Å². The lowest BCUT2D eigenvalue weighted by atomic mass is 10.2. The number of carbonyl (C=O) groups is 1. The van der Waals surface area contributed by atoms with Crippen molar-refractivity contribution in [2.45, 2.75) is 34.1 Å². The van der Waals surface area contributed by atoms with E-state index in [9.17, 15) is 4.79 Å². The quantitative estimate of drug-likeness (QED) is 0.784. The fraction of sp³-hybridized carbons (Fsp3) is 0.538. The van der Waals surface area contributed by atoms with Gasteiger partial charge in [-0.25, -0.2) is 0 Å². The van der Waals surface area contributed by atoms with Crippen LogP contribution in [-0.4, -0.2) is 28.9 Å². The summed E-state index contributed by atoms with van der Waals surface area (Å²) in [5, 5.41) is 0. The molecule has 0 spiro atoms. The van der Waals surface area contributed by atoms with Gasteiger partial charge in [-0.05, 0) is 25.0 Å². The van der Waals surface area contributed by atoms with Gasteiger partial charge in [-0.3, -0.25) is 9.78 Å². The molecule has 0 aliphatic carbocycles. The summed E-state index contributed by atoms with van der Waals surface area (Å²) >= 11 is 0. The van der Waals surface area contributed by atoms with Gasteiger partial charge >= 0.3 is 0 Å². The Labute approximate surface area is 98.5 Å². The maximum absolute atomic E-state index is 11.1. The van der Waals surface area contributed by atoms with Crippen molar-refractivity contribution in [2.24, 2.45) is 0 Å². The highest BCUT2D eigenvalue weighted by Gasteiger charge is 2.04. The van der Waals surface area contributed by atoms with E-state index >= 15 is 0 Å². The molecule has 0 bridgehead atoms. The number of rotatable bonds is 4. The molecule has 3 heteroatoms. The van der Waals surface area contributed by atoms with Crippen LogP contribution < -0.4 is 0 Å². The Hall–Kier alpha value is -1.38. The van der Waals surface area contributed by atoms with Crippen LogP contribution in [0.4, 0.5) is 0 Å². The molecule has 0 aromatic carbocycles. The molecule has 0 N–H and O–H groups in total. The average Bonchev–Trinajstić information content (AvgIpc) is 2.33. The number of likely N-dealkylation sites (N-methyl/N-ethyl adjacent to an activating group) is 1. The van der Waals surface area contributed by atoms with Gasteiger partial charge in [0.05, 0.1) is 0 Å². The molecule has 0 atom stereocenters. The first kappa shape index (κ1) is 14.6. The summed E-state index contributed by atoms with van der Waals surface area (Å²) in [5.41, 5.74) is 1.17. The minimum atomic E-state index is 0.136. The molecular formula is C13H22N2O. The molecule has 1 aromatic rings. The first-order chi connectivity index (χ1) is 7.74. The monoisotopic (exact) mass is 222 g/mol. The number of nitrogens with zero attached hydrogens (tertiary/aromatic N) is 2. The average molecular weight is 222 g/mol. The zero-order valence-corrected chi connectivity index (χ0v) is 10.7. The van der Waals surface area contributed by atoms with E-state index < -0.39 is 0 Å². The van der Waals surface area contributed by atoms with Crippen LogP contribution in [0.25, 0.3) is 0 Å². The van der Waals surface area contributed by atoms with Crippen molar-refractivity contribution in [1.82, 2.24) is 9.88 Å². The van der Waals surface area contributed by atoms with Gasteiger partial charge in [0.15, 0.2) is 0 Å². The Bertz CT molecular complexity index is 285. The zero-order valence-electron chi connectivity index (χ0n) is 10.7. The normalized spacial score (nSPS) is 9.00. The lowest BCUT2D eigenvalue weighted by Gasteiger charge is -2.18. The third-order valence-corrected chi connectivity index (χ3v) is 2.22. The second-order valence-electron chi connectivity index (χ2n) is 3.21. The van der Waals surface area contributed by atoms with E-state index in [-0.39, 0.29) is 5.91 Å². The van der Waals surface area contributed by atoms with E-state index in [0.717, 1.165) is 19.5 Å². The number of pyridine rings is 1. The smallest absolute Gasteiger partial charge is 0.219 e. The Balaban J connectivity index is 0.00000106. The molecule has 0 aliphatic heterocycles. The second-order valence-corrected chi connectivity index (χ2v) is 3.21. The highest BCUT2D eigenvalue weighted by molar-refractivity contribution is 5.73. The topological polar surface area (TPSA) is 33.2 Å². The lowest BCUT2D eigenvalue weighted by Crippen LogP contribution is -2.30. The van der Waals surface area contributed by atoms with Gasteiger partial charge in [-0.1, -0.05) is 19.9 Å². The summed E-state index contributed by atoms with van der Waals surface area (Å²) in [6, 6.07) is 3.94. The lowest BCUT2D eigenvalue weighted by molar-refractivity contribution is -0.128. The summed E-state index contributed by atoms with van der Waals surface area (Å²) in [6.07, 6.45) is 4.47. The summed E-state index contributed by atoms with van der Waals surface area (Å²) in [6.45, 7) is 9.14. The summed E-state index contributed by atoms with van der Waals surface area (Å²) in [7, 11) is 0. The molecule has 0 fully saturated rings. The molecule has 0 saturated heterocycles. The number of hydrogen-bond acceptors (Lipinski definition) is 2. The fourth-order valence-corrected chi connectivity index (χ4v) is 1.35.